The van der Waals surface area contributed by atoms with Gasteiger partial charge >= 0.3 is 0 Å². The SMILES string of the molecule is CC(C)Oc1ncnc(Nc2ccccc2I)c1N. The first-order valence-electron chi connectivity index (χ1n) is 5.86. The molecule has 0 bridgehead atoms. The molecule has 0 saturated heterocycles. The molecule has 0 aliphatic carbocycles. The fourth-order valence-electron chi connectivity index (χ4n) is 1.49. The summed E-state index contributed by atoms with van der Waals surface area (Å²) in [5, 5.41) is 3.19. The van der Waals surface area contributed by atoms with Crippen LogP contribution in [0.1, 0.15) is 13.8 Å². The summed E-state index contributed by atoms with van der Waals surface area (Å²) in [6, 6.07) is 7.90. The number of nitrogens with zero attached hydrogens (tertiary/aromatic N) is 2. The molecule has 1 aromatic carbocycles. The van der Waals surface area contributed by atoms with E-state index in [1.165, 1.54) is 6.33 Å². The molecule has 100 valence electrons. The van der Waals surface area contributed by atoms with Crippen molar-refractivity contribution in [2.24, 2.45) is 0 Å². The minimum atomic E-state index is 0.0157. The average molecular weight is 370 g/mol. The number of benzene rings is 1. The maximum atomic E-state index is 6.01. The molecule has 0 fully saturated rings. The van der Waals surface area contributed by atoms with Crippen molar-refractivity contribution >= 4 is 39.8 Å². The molecule has 5 nitrogen and oxygen atoms in total. The van der Waals surface area contributed by atoms with Crippen molar-refractivity contribution in [2.45, 2.75) is 20.0 Å². The molecule has 0 aliphatic heterocycles. The number of para-hydroxylation sites is 1. The molecule has 1 heterocycles. The number of hydrogen-bond acceptors (Lipinski definition) is 5. The van der Waals surface area contributed by atoms with Gasteiger partial charge in [-0.1, -0.05) is 12.1 Å². The summed E-state index contributed by atoms with van der Waals surface area (Å²) in [7, 11) is 0. The Morgan fingerprint density at radius 1 is 1.26 bits per heavy atom. The number of nitrogens with two attached hydrogens (primary N) is 1. The molecular weight excluding hydrogens is 355 g/mol. The Bertz CT molecular complexity index is 574. The van der Waals surface area contributed by atoms with Crippen LogP contribution < -0.4 is 15.8 Å². The minimum Gasteiger partial charge on any atom is -0.473 e. The Hall–Kier alpha value is -1.57. The van der Waals surface area contributed by atoms with Crippen LogP contribution in [0.4, 0.5) is 17.2 Å². The first-order valence-corrected chi connectivity index (χ1v) is 6.94. The first kappa shape index (κ1) is 13.9. The number of ether oxygens (including phenoxy) is 1. The van der Waals surface area contributed by atoms with Crippen molar-refractivity contribution < 1.29 is 4.74 Å². The summed E-state index contributed by atoms with van der Waals surface area (Å²) >= 11 is 2.25. The zero-order valence-electron chi connectivity index (χ0n) is 10.7. The van der Waals surface area contributed by atoms with Crippen molar-refractivity contribution in [3.63, 3.8) is 0 Å². The third kappa shape index (κ3) is 3.46. The van der Waals surface area contributed by atoms with E-state index in [-0.39, 0.29) is 6.10 Å². The molecule has 0 amide bonds. The highest BCUT2D eigenvalue weighted by Gasteiger charge is 2.11. The van der Waals surface area contributed by atoms with Crippen LogP contribution in [0.3, 0.4) is 0 Å². The second-order valence-electron chi connectivity index (χ2n) is 4.21. The summed E-state index contributed by atoms with van der Waals surface area (Å²) in [5.41, 5.74) is 7.38. The number of nitrogens with one attached hydrogen (secondary N) is 1. The molecule has 2 rings (SSSR count). The molecule has 0 radical (unpaired) electrons. The number of nitrogen functional groups attached to an aromatic ring is 1. The summed E-state index contributed by atoms with van der Waals surface area (Å²) < 4.78 is 6.62. The standard InChI is InChI=1S/C13H15IN4O/c1-8(2)19-13-11(15)12(16-7-17-13)18-10-6-4-3-5-9(10)14/h3-8H,15H2,1-2H3,(H,16,17,18). The van der Waals surface area contributed by atoms with Crippen LogP contribution in [0.2, 0.25) is 0 Å². The van der Waals surface area contributed by atoms with Crippen molar-refractivity contribution in [3.05, 3.63) is 34.2 Å². The van der Waals surface area contributed by atoms with Gasteiger partial charge in [0.2, 0.25) is 5.88 Å². The third-order valence-electron chi connectivity index (χ3n) is 2.32. The zero-order valence-corrected chi connectivity index (χ0v) is 12.9. The molecule has 6 heteroatoms. The minimum absolute atomic E-state index is 0.0157. The Morgan fingerprint density at radius 3 is 2.68 bits per heavy atom. The van der Waals surface area contributed by atoms with Crippen LogP contribution in [0.5, 0.6) is 5.88 Å². The predicted octanol–water partition coefficient (Wildman–Crippen LogP) is 3.19. The highest BCUT2D eigenvalue weighted by molar-refractivity contribution is 14.1. The molecule has 0 saturated carbocycles. The fraction of sp³-hybridized carbons (Fsp3) is 0.231. The van der Waals surface area contributed by atoms with Gasteiger partial charge in [0, 0.05) is 3.57 Å². The average Bonchev–Trinajstić information content (AvgIpc) is 2.36. The quantitative estimate of drug-likeness (QED) is 0.809. The van der Waals surface area contributed by atoms with E-state index in [1.807, 2.05) is 38.1 Å². The van der Waals surface area contributed by atoms with Crippen LogP contribution in [0, 0.1) is 3.57 Å². The maximum absolute atomic E-state index is 6.01. The molecule has 0 spiro atoms. The van der Waals surface area contributed by atoms with Crippen molar-refractivity contribution in [2.75, 3.05) is 11.1 Å². The van der Waals surface area contributed by atoms with E-state index in [2.05, 4.69) is 37.9 Å². The van der Waals surface area contributed by atoms with Gasteiger partial charge in [-0.05, 0) is 48.6 Å². The van der Waals surface area contributed by atoms with Crippen LogP contribution in [0.15, 0.2) is 30.6 Å². The molecule has 19 heavy (non-hydrogen) atoms. The van der Waals surface area contributed by atoms with Gasteiger partial charge in [0.15, 0.2) is 5.82 Å². The lowest BCUT2D eigenvalue weighted by Crippen LogP contribution is -2.11. The second kappa shape index (κ2) is 6.05. The Morgan fingerprint density at radius 2 is 2.00 bits per heavy atom. The summed E-state index contributed by atoms with van der Waals surface area (Å²) in [5.74, 6) is 0.952. The van der Waals surface area contributed by atoms with E-state index in [0.29, 0.717) is 17.4 Å². The van der Waals surface area contributed by atoms with E-state index in [4.69, 9.17) is 10.5 Å². The normalized spacial score (nSPS) is 10.5. The van der Waals surface area contributed by atoms with Gasteiger partial charge in [-0.2, -0.15) is 4.98 Å². The molecular formula is C13H15IN4O. The topological polar surface area (TPSA) is 73.1 Å². The summed E-state index contributed by atoms with van der Waals surface area (Å²) in [4.78, 5) is 8.19. The largest absolute Gasteiger partial charge is 0.473 e. The molecule has 0 atom stereocenters. The lowest BCUT2D eigenvalue weighted by Gasteiger charge is -2.14. The molecule has 1 aromatic heterocycles. The number of anilines is 3. The summed E-state index contributed by atoms with van der Waals surface area (Å²) in [6.07, 6.45) is 1.45. The van der Waals surface area contributed by atoms with Gasteiger partial charge in [-0.25, -0.2) is 4.98 Å². The Labute approximate surface area is 125 Å². The van der Waals surface area contributed by atoms with E-state index in [1.54, 1.807) is 0 Å². The third-order valence-corrected chi connectivity index (χ3v) is 3.26. The van der Waals surface area contributed by atoms with E-state index >= 15 is 0 Å². The van der Waals surface area contributed by atoms with Crippen LogP contribution in [-0.2, 0) is 0 Å². The molecule has 2 aromatic rings. The van der Waals surface area contributed by atoms with Gasteiger partial charge in [-0.15, -0.1) is 0 Å². The van der Waals surface area contributed by atoms with Crippen LogP contribution >= 0.6 is 22.6 Å². The second-order valence-corrected chi connectivity index (χ2v) is 5.37. The van der Waals surface area contributed by atoms with Crippen LogP contribution in [0.25, 0.3) is 0 Å². The van der Waals surface area contributed by atoms with Gasteiger partial charge in [-0.3, -0.25) is 0 Å². The Balaban J connectivity index is 2.28. The van der Waals surface area contributed by atoms with E-state index < -0.39 is 0 Å². The van der Waals surface area contributed by atoms with Gasteiger partial charge < -0.3 is 15.8 Å². The van der Waals surface area contributed by atoms with Crippen molar-refractivity contribution in [1.29, 1.82) is 0 Å². The maximum Gasteiger partial charge on any atom is 0.242 e. The molecule has 0 unspecified atom stereocenters. The highest BCUT2D eigenvalue weighted by Crippen LogP contribution is 2.29. The molecule has 0 aliphatic rings. The molecule has 3 N–H and O–H groups in total. The van der Waals surface area contributed by atoms with Gasteiger partial charge in [0.05, 0.1) is 11.8 Å². The Kier molecular flexibility index (Phi) is 4.41. The zero-order chi connectivity index (χ0) is 13.8. The monoisotopic (exact) mass is 370 g/mol. The number of aromatic nitrogens is 2. The predicted molar refractivity (Wildman–Crippen MR) is 84.7 cm³/mol. The van der Waals surface area contributed by atoms with E-state index in [9.17, 15) is 0 Å². The van der Waals surface area contributed by atoms with Crippen LogP contribution in [-0.4, -0.2) is 16.1 Å². The lowest BCUT2D eigenvalue weighted by atomic mass is 10.3. The fourth-order valence-corrected chi connectivity index (χ4v) is 2.01. The number of halogens is 1. The van der Waals surface area contributed by atoms with Crippen molar-refractivity contribution in [3.8, 4) is 5.88 Å². The van der Waals surface area contributed by atoms with Gasteiger partial charge in [0.1, 0.15) is 12.0 Å². The van der Waals surface area contributed by atoms with Crippen molar-refractivity contribution in [1.82, 2.24) is 9.97 Å². The van der Waals surface area contributed by atoms with E-state index in [0.717, 1.165) is 9.26 Å². The first-order chi connectivity index (χ1) is 9.08. The highest BCUT2D eigenvalue weighted by atomic mass is 127. The summed E-state index contributed by atoms with van der Waals surface area (Å²) in [6.45, 7) is 3.85. The number of rotatable bonds is 4. The smallest absolute Gasteiger partial charge is 0.242 e. The van der Waals surface area contributed by atoms with Gasteiger partial charge in [0.25, 0.3) is 0 Å². The number of hydrogen-bond donors (Lipinski definition) is 2. The lowest BCUT2D eigenvalue weighted by molar-refractivity contribution is 0.234.